The van der Waals surface area contributed by atoms with E-state index < -0.39 is 0 Å². The molecule has 1 saturated heterocycles. The van der Waals surface area contributed by atoms with Crippen LogP contribution in [0, 0.1) is 0 Å². The van der Waals surface area contributed by atoms with Gasteiger partial charge in [-0.15, -0.1) is 0 Å². The average Bonchev–Trinajstić information content (AvgIpc) is 2.38. The molecule has 102 valence electrons. The summed E-state index contributed by atoms with van der Waals surface area (Å²) in [6.45, 7) is 9.39. The fraction of sp³-hybridized carbons (Fsp3) is 1.00. The van der Waals surface area contributed by atoms with Crippen molar-refractivity contribution in [3.8, 4) is 0 Å². The first-order valence-corrected chi connectivity index (χ1v) is 6.69. The minimum atomic E-state index is -0.185. The molecular formula is C13H28N2O2. The Bertz CT molecular complexity index is 219. The maximum absolute atomic E-state index is 9.45. The average molecular weight is 244 g/mol. The van der Waals surface area contributed by atoms with Crippen LogP contribution in [0.15, 0.2) is 0 Å². The van der Waals surface area contributed by atoms with E-state index in [0.29, 0.717) is 12.1 Å². The Balaban J connectivity index is 2.58. The third kappa shape index (κ3) is 3.91. The molecule has 1 rings (SSSR count). The van der Waals surface area contributed by atoms with E-state index in [-0.39, 0.29) is 12.1 Å². The Kier molecular flexibility index (Phi) is 5.86. The predicted octanol–water partition coefficient (Wildman–Crippen LogP) is 0.846. The SMILES string of the molecule is CCC1COCCN1C(C)CC(C)(CO)NC. The maximum atomic E-state index is 9.45. The summed E-state index contributed by atoms with van der Waals surface area (Å²) in [6.07, 6.45) is 2.08. The fourth-order valence-corrected chi connectivity index (χ4v) is 2.62. The zero-order valence-corrected chi connectivity index (χ0v) is 11.7. The highest BCUT2D eigenvalue weighted by atomic mass is 16.5. The van der Waals surface area contributed by atoms with Crippen molar-refractivity contribution in [3.05, 3.63) is 0 Å². The van der Waals surface area contributed by atoms with Gasteiger partial charge < -0.3 is 15.2 Å². The molecule has 0 aromatic carbocycles. The van der Waals surface area contributed by atoms with E-state index in [4.69, 9.17) is 4.74 Å². The zero-order valence-electron chi connectivity index (χ0n) is 11.7. The molecular weight excluding hydrogens is 216 g/mol. The van der Waals surface area contributed by atoms with Gasteiger partial charge in [-0.2, -0.15) is 0 Å². The molecule has 0 spiro atoms. The van der Waals surface area contributed by atoms with Gasteiger partial charge in [0.2, 0.25) is 0 Å². The number of nitrogens with zero attached hydrogens (tertiary/aromatic N) is 1. The molecule has 0 radical (unpaired) electrons. The summed E-state index contributed by atoms with van der Waals surface area (Å²) in [5.41, 5.74) is -0.185. The van der Waals surface area contributed by atoms with Gasteiger partial charge in [0.25, 0.3) is 0 Å². The molecule has 1 aliphatic rings. The van der Waals surface area contributed by atoms with Gasteiger partial charge in [0.05, 0.1) is 19.8 Å². The van der Waals surface area contributed by atoms with Gasteiger partial charge in [-0.3, -0.25) is 4.90 Å². The molecule has 1 aliphatic heterocycles. The predicted molar refractivity (Wildman–Crippen MR) is 70.2 cm³/mol. The van der Waals surface area contributed by atoms with Crippen LogP contribution in [0.4, 0.5) is 0 Å². The largest absolute Gasteiger partial charge is 0.394 e. The number of nitrogens with one attached hydrogen (secondary N) is 1. The summed E-state index contributed by atoms with van der Waals surface area (Å²) >= 11 is 0. The van der Waals surface area contributed by atoms with E-state index >= 15 is 0 Å². The van der Waals surface area contributed by atoms with Crippen LogP contribution in [-0.4, -0.2) is 61.0 Å². The smallest absolute Gasteiger partial charge is 0.0622 e. The van der Waals surface area contributed by atoms with E-state index in [1.165, 1.54) is 0 Å². The molecule has 0 aliphatic carbocycles. The standard InChI is InChI=1S/C13H28N2O2/c1-5-12-9-17-7-6-15(12)11(2)8-13(3,10-16)14-4/h11-12,14,16H,5-10H2,1-4H3. The highest BCUT2D eigenvalue weighted by molar-refractivity contribution is 4.88. The lowest BCUT2D eigenvalue weighted by Crippen LogP contribution is -2.54. The Morgan fingerprint density at radius 1 is 1.59 bits per heavy atom. The van der Waals surface area contributed by atoms with Crippen molar-refractivity contribution in [2.24, 2.45) is 0 Å². The highest BCUT2D eigenvalue weighted by Gasteiger charge is 2.31. The Labute approximate surface area is 105 Å². The summed E-state index contributed by atoms with van der Waals surface area (Å²) in [5, 5.41) is 12.7. The van der Waals surface area contributed by atoms with E-state index in [0.717, 1.165) is 32.6 Å². The Morgan fingerprint density at radius 3 is 2.82 bits per heavy atom. The van der Waals surface area contributed by atoms with Crippen LogP contribution in [0.2, 0.25) is 0 Å². The topological polar surface area (TPSA) is 44.7 Å². The monoisotopic (exact) mass is 244 g/mol. The van der Waals surface area contributed by atoms with E-state index in [2.05, 4.69) is 31.0 Å². The second-order valence-corrected chi connectivity index (χ2v) is 5.40. The van der Waals surface area contributed by atoms with Crippen LogP contribution in [0.5, 0.6) is 0 Å². The van der Waals surface area contributed by atoms with Crippen molar-refractivity contribution in [1.82, 2.24) is 10.2 Å². The summed E-state index contributed by atoms with van der Waals surface area (Å²) in [6, 6.07) is 0.993. The molecule has 0 bridgehead atoms. The summed E-state index contributed by atoms with van der Waals surface area (Å²) in [5.74, 6) is 0. The number of hydrogen-bond donors (Lipinski definition) is 2. The number of likely N-dealkylation sites (N-methyl/N-ethyl adjacent to an activating group) is 1. The highest BCUT2D eigenvalue weighted by Crippen LogP contribution is 2.20. The lowest BCUT2D eigenvalue weighted by atomic mass is 9.93. The van der Waals surface area contributed by atoms with Crippen LogP contribution in [0.25, 0.3) is 0 Å². The number of ether oxygens (including phenoxy) is 1. The van der Waals surface area contributed by atoms with Gasteiger partial charge in [0.1, 0.15) is 0 Å². The van der Waals surface area contributed by atoms with E-state index in [1.807, 2.05) is 7.05 Å². The van der Waals surface area contributed by atoms with Crippen molar-refractivity contribution in [2.45, 2.75) is 51.2 Å². The fourth-order valence-electron chi connectivity index (χ4n) is 2.62. The minimum absolute atomic E-state index is 0.176. The Hall–Kier alpha value is -0.160. The van der Waals surface area contributed by atoms with Crippen LogP contribution in [0.3, 0.4) is 0 Å². The molecule has 0 saturated carbocycles. The zero-order chi connectivity index (χ0) is 12.9. The first-order valence-electron chi connectivity index (χ1n) is 6.69. The quantitative estimate of drug-likeness (QED) is 0.727. The van der Waals surface area contributed by atoms with Gasteiger partial charge in [-0.05, 0) is 33.7 Å². The summed E-state index contributed by atoms with van der Waals surface area (Å²) < 4.78 is 5.53. The molecule has 4 nitrogen and oxygen atoms in total. The number of aliphatic hydroxyl groups is 1. The van der Waals surface area contributed by atoms with Crippen molar-refractivity contribution < 1.29 is 9.84 Å². The van der Waals surface area contributed by atoms with Crippen molar-refractivity contribution in [3.63, 3.8) is 0 Å². The summed E-state index contributed by atoms with van der Waals surface area (Å²) in [4.78, 5) is 2.52. The minimum Gasteiger partial charge on any atom is -0.394 e. The third-order valence-electron chi connectivity index (χ3n) is 4.01. The normalized spacial score (nSPS) is 27.7. The van der Waals surface area contributed by atoms with Crippen molar-refractivity contribution in [2.75, 3.05) is 33.4 Å². The lowest BCUT2D eigenvalue weighted by molar-refractivity contribution is -0.0343. The van der Waals surface area contributed by atoms with Crippen molar-refractivity contribution in [1.29, 1.82) is 0 Å². The first kappa shape index (κ1) is 14.9. The summed E-state index contributed by atoms with van der Waals surface area (Å²) in [7, 11) is 1.92. The molecule has 3 unspecified atom stereocenters. The first-order chi connectivity index (χ1) is 8.06. The molecule has 3 atom stereocenters. The number of rotatable bonds is 6. The second kappa shape index (κ2) is 6.69. The molecule has 2 N–H and O–H groups in total. The van der Waals surface area contributed by atoms with Crippen LogP contribution < -0.4 is 5.32 Å². The van der Waals surface area contributed by atoms with Gasteiger partial charge in [-0.1, -0.05) is 6.92 Å². The van der Waals surface area contributed by atoms with Gasteiger partial charge in [0, 0.05) is 24.2 Å². The molecule has 0 aromatic rings. The van der Waals surface area contributed by atoms with E-state index in [1.54, 1.807) is 0 Å². The molecule has 0 aromatic heterocycles. The maximum Gasteiger partial charge on any atom is 0.0622 e. The lowest BCUT2D eigenvalue weighted by Gasteiger charge is -2.42. The number of aliphatic hydroxyl groups excluding tert-OH is 1. The molecule has 1 fully saturated rings. The third-order valence-corrected chi connectivity index (χ3v) is 4.01. The Morgan fingerprint density at radius 2 is 2.29 bits per heavy atom. The number of morpholine rings is 1. The molecule has 4 heteroatoms. The molecule has 1 heterocycles. The van der Waals surface area contributed by atoms with Crippen LogP contribution in [0.1, 0.15) is 33.6 Å². The second-order valence-electron chi connectivity index (χ2n) is 5.40. The van der Waals surface area contributed by atoms with Crippen molar-refractivity contribution >= 4 is 0 Å². The van der Waals surface area contributed by atoms with Gasteiger partial charge in [0.15, 0.2) is 0 Å². The molecule has 17 heavy (non-hydrogen) atoms. The van der Waals surface area contributed by atoms with E-state index in [9.17, 15) is 5.11 Å². The number of hydrogen-bond acceptors (Lipinski definition) is 4. The van der Waals surface area contributed by atoms with Crippen LogP contribution in [-0.2, 0) is 4.74 Å². The molecule has 0 amide bonds. The van der Waals surface area contributed by atoms with Gasteiger partial charge >= 0.3 is 0 Å². The van der Waals surface area contributed by atoms with Gasteiger partial charge in [-0.25, -0.2) is 0 Å². The van der Waals surface area contributed by atoms with Crippen LogP contribution >= 0.6 is 0 Å².